The van der Waals surface area contributed by atoms with E-state index in [0.717, 1.165) is 37.1 Å². The summed E-state index contributed by atoms with van der Waals surface area (Å²) >= 11 is 0. The fourth-order valence-corrected chi connectivity index (χ4v) is 3.17. The summed E-state index contributed by atoms with van der Waals surface area (Å²) < 4.78 is 4.17. The number of hydrogen-bond acceptors (Lipinski definition) is 4. The second kappa shape index (κ2) is 5.97. The van der Waals surface area contributed by atoms with Crippen molar-refractivity contribution < 1.29 is 0 Å². The first kappa shape index (κ1) is 14.3. The van der Waals surface area contributed by atoms with Gasteiger partial charge in [0.25, 0.3) is 0 Å². The van der Waals surface area contributed by atoms with E-state index in [1.54, 1.807) is 0 Å². The molecule has 1 aliphatic heterocycles. The molecule has 0 amide bonds. The normalized spacial score (nSPS) is 20.0. The lowest BCUT2D eigenvalue weighted by Crippen LogP contribution is -2.37. The Labute approximate surface area is 125 Å². The van der Waals surface area contributed by atoms with Gasteiger partial charge in [-0.25, -0.2) is 14.6 Å². The van der Waals surface area contributed by atoms with Gasteiger partial charge in [-0.05, 0) is 39.2 Å². The Bertz CT molecular complexity index is 599. The average Bonchev–Trinajstić information content (AvgIpc) is 2.97. The predicted octanol–water partition coefficient (Wildman–Crippen LogP) is 1.54. The zero-order chi connectivity index (χ0) is 14.8. The van der Waals surface area contributed by atoms with E-state index >= 15 is 0 Å². The van der Waals surface area contributed by atoms with Gasteiger partial charge in [-0.15, -0.1) is 0 Å². The molecular weight excluding hydrogens is 264 g/mol. The molecule has 6 nitrogen and oxygen atoms in total. The molecule has 1 atom stereocenters. The van der Waals surface area contributed by atoms with Crippen molar-refractivity contribution in [3.8, 4) is 0 Å². The molecule has 2 aromatic rings. The Morgan fingerprint density at radius 1 is 1.33 bits per heavy atom. The van der Waals surface area contributed by atoms with E-state index in [-0.39, 0.29) is 0 Å². The molecule has 1 saturated heterocycles. The van der Waals surface area contributed by atoms with E-state index in [1.165, 1.54) is 19.4 Å². The van der Waals surface area contributed by atoms with Crippen LogP contribution in [0, 0.1) is 19.8 Å². The van der Waals surface area contributed by atoms with Gasteiger partial charge in [0.1, 0.15) is 17.5 Å². The summed E-state index contributed by atoms with van der Waals surface area (Å²) in [5.41, 5.74) is 0. The van der Waals surface area contributed by atoms with Crippen LogP contribution in [0.1, 0.15) is 30.3 Å². The standard InChI is InChI=1S/C15H24N6/c1-12-17-13(2)21(18-12)10-14-5-4-7-20(9-14)11-15-16-6-8-19(15)3/h6,8,14H,4-5,7,9-11H2,1-3H3/t14-/m1/s1. The Hall–Kier alpha value is -1.69. The minimum absolute atomic E-state index is 0.652. The van der Waals surface area contributed by atoms with Crippen LogP contribution in [0.5, 0.6) is 0 Å². The SMILES string of the molecule is Cc1nc(C)n(C[C@@H]2CCCN(Cc3nccn3C)C2)n1. The van der Waals surface area contributed by atoms with E-state index in [1.807, 2.05) is 26.2 Å². The first-order valence-corrected chi connectivity index (χ1v) is 7.68. The highest BCUT2D eigenvalue weighted by atomic mass is 15.3. The molecule has 6 heteroatoms. The van der Waals surface area contributed by atoms with Gasteiger partial charge in [0, 0.05) is 32.5 Å². The first-order valence-electron chi connectivity index (χ1n) is 7.68. The van der Waals surface area contributed by atoms with Gasteiger partial charge in [0.15, 0.2) is 0 Å². The molecule has 21 heavy (non-hydrogen) atoms. The fourth-order valence-electron chi connectivity index (χ4n) is 3.17. The number of nitrogens with zero attached hydrogens (tertiary/aromatic N) is 6. The number of aromatic nitrogens is 5. The lowest BCUT2D eigenvalue weighted by Gasteiger charge is -2.32. The zero-order valence-corrected chi connectivity index (χ0v) is 13.2. The highest BCUT2D eigenvalue weighted by molar-refractivity contribution is 4.92. The largest absolute Gasteiger partial charge is 0.337 e. The number of aryl methyl sites for hydroxylation is 3. The molecule has 3 heterocycles. The third-order valence-electron chi connectivity index (χ3n) is 4.28. The van der Waals surface area contributed by atoms with Crippen LogP contribution in [0.15, 0.2) is 12.4 Å². The maximum absolute atomic E-state index is 4.49. The van der Waals surface area contributed by atoms with Crippen molar-refractivity contribution in [1.82, 2.24) is 29.2 Å². The molecule has 0 radical (unpaired) electrons. The third-order valence-corrected chi connectivity index (χ3v) is 4.28. The van der Waals surface area contributed by atoms with Crippen molar-refractivity contribution in [3.05, 3.63) is 29.9 Å². The van der Waals surface area contributed by atoms with Crippen LogP contribution in [-0.4, -0.2) is 42.3 Å². The zero-order valence-electron chi connectivity index (χ0n) is 13.2. The molecule has 114 valence electrons. The summed E-state index contributed by atoms with van der Waals surface area (Å²) in [4.78, 5) is 11.3. The van der Waals surface area contributed by atoms with Crippen molar-refractivity contribution in [1.29, 1.82) is 0 Å². The minimum atomic E-state index is 0.652. The van der Waals surface area contributed by atoms with Crippen LogP contribution >= 0.6 is 0 Å². The van der Waals surface area contributed by atoms with Crippen molar-refractivity contribution in [2.24, 2.45) is 13.0 Å². The van der Waals surface area contributed by atoms with Crippen LogP contribution in [0.25, 0.3) is 0 Å². The van der Waals surface area contributed by atoms with Gasteiger partial charge in [-0.1, -0.05) is 0 Å². The van der Waals surface area contributed by atoms with Crippen molar-refractivity contribution in [2.75, 3.05) is 13.1 Å². The van der Waals surface area contributed by atoms with Gasteiger partial charge in [0.2, 0.25) is 0 Å². The highest BCUT2D eigenvalue weighted by Crippen LogP contribution is 2.20. The van der Waals surface area contributed by atoms with E-state index in [4.69, 9.17) is 0 Å². The number of likely N-dealkylation sites (tertiary alicyclic amines) is 1. The van der Waals surface area contributed by atoms with Crippen molar-refractivity contribution in [3.63, 3.8) is 0 Å². The molecule has 1 aliphatic rings. The summed E-state index contributed by atoms with van der Waals surface area (Å²) in [5, 5.41) is 4.49. The van der Waals surface area contributed by atoms with Crippen molar-refractivity contribution in [2.45, 2.75) is 39.8 Å². The van der Waals surface area contributed by atoms with Crippen molar-refractivity contribution >= 4 is 0 Å². The van der Waals surface area contributed by atoms with Crippen LogP contribution < -0.4 is 0 Å². The molecule has 3 rings (SSSR count). The van der Waals surface area contributed by atoms with Crippen LogP contribution in [0.2, 0.25) is 0 Å². The summed E-state index contributed by atoms with van der Waals surface area (Å²) in [6, 6.07) is 0. The van der Waals surface area contributed by atoms with Crippen LogP contribution in [0.3, 0.4) is 0 Å². The smallest absolute Gasteiger partial charge is 0.147 e. The minimum Gasteiger partial charge on any atom is -0.337 e. The molecule has 0 aromatic carbocycles. The maximum atomic E-state index is 4.49. The van der Waals surface area contributed by atoms with Crippen LogP contribution in [-0.2, 0) is 20.1 Å². The molecule has 0 aliphatic carbocycles. The molecule has 0 saturated carbocycles. The summed E-state index contributed by atoms with van der Waals surface area (Å²) in [6.45, 7) is 8.19. The van der Waals surface area contributed by atoms with Crippen LogP contribution in [0.4, 0.5) is 0 Å². The predicted molar refractivity (Wildman–Crippen MR) is 80.7 cm³/mol. The highest BCUT2D eigenvalue weighted by Gasteiger charge is 2.22. The second-order valence-corrected chi connectivity index (χ2v) is 6.09. The third kappa shape index (κ3) is 3.32. The van der Waals surface area contributed by atoms with E-state index < -0.39 is 0 Å². The lowest BCUT2D eigenvalue weighted by atomic mass is 9.98. The lowest BCUT2D eigenvalue weighted by molar-refractivity contribution is 0.148. The number of rotatable bonds is 4. The summed E-state index contributed by atoms with van der Waals surface area (Å²) in [7, 11) is 2.06. The summed E-state index contributed by atoms with van der Waals surface area (Å²) in [6.07, 6.45) is 6.41. The topological polar surface area (TPSA) is 51.8 Å². The Morgan fingerprint density at radius 2 is 2.19 bits per heavy atom. The van der Waals surface area contributed by atoms with E-state index in [0.29, 0.717) is 5.92 Å². The molecule has 1 fully saturated rings. The number of imidazole rings is 1. The molecule has 2 aromatic heterocycles. The first-order chi connectivity index (χ1) is 10.1. The maximum Gasteiger partial charge on any atom is 0.147 e. The van der Waals surface area contributed by atoms with Gasteiger partial charge >= 0.3 is 0 Å². The molecule has 0 bridgehead atoms. The fraction of sp³-hybridized carbons (Fsp3) is 0.667. The Kier molecular flexibility index (Phi) is 4.05. The molecule has 0 unspecified atom stereocenters. The molecule has 0 spiro atoms. The van der Waals surface area contributed by atoms with Gasteiger partial charge in [-0.3, -0.25) is 4.90 Å². The summed E-state index contributed by atoms with van der Waals surface area (Å²) in [5.74, 6) is 3.68. The van der Waals surface area contributed by atoms with E-state index in [2.05, 4.69) is 36.3 Å². The monoisotopic (exact) mass is 288 g/mol. The number of hydrogen-bond donors (Lipinski definition) is 0. The number of piperidine rings is 1. The quantitative estimate of drug-likeness (QED) is 0.856. The average molecular weight is 288 g/mol. The van der Waals surface area contributed by atoms with Gasteiger partial charge < -0.3 is 4.57 Å². The Balaban J connectivity index is 1.60. The van der Waals surface area contributed by atoms with Gasteiger partial charge in [0.05, 0.1) is 6.54 Å². The van der Waals surface area contributed by atoms with Gasteiger partial charge in [-0.2, -0.15) is 5.10 Å². The molecule has 0 N–H and O–H groups in total. The molecular formula is C15H24N6. The Morgan fingerprint density at radius 3 is 2.86 bits per heavy atom. The second-order valence-electron chi connectivity index (χ2n) is 6.09. The van der Waals surface area contributed by atoms with E-state index in [9.17, 15) is 0 Å².